The Morgan fingerprint density at radius 1 is 1.03 bits per heavy atom. The van der Waals surface area contributed by atoms with Crippen molar-refractivity contribution < 1.29 is 32.2 Å². The van der Waals surface area contributed by atoms with E-state index in [1.165, 1.54) is 30.6 Å². The number of halogens is 3. The van der Waals surface area contributed by atoms with Gasteiger partial charge in [0.1, 0.15) is 5.75 Å². The Kier molecular flexibility index (Phi) is 9.37. The van der Waals surface area contributed by atoms with E-state index in [1.54, 1.807) is 6.07 Å². The van der Waals surface area contributed by atoms with E-state index in [0.29, 0.717) is 17.2 Å². The maximum atomic E-state index is 12.9. The Hall–Kier alpha value is -3.33. The van der Waals surface area contributed by atoms with E-state index >= 15 is 0 Å². The van der Waals surface area contributed by atoms with Crippen LogP contribution in [0.3, 0.4) is 0 Å². The predicted octanol–water partition coefficient (Wildman–Crippen LogP) is 6.92. The van der Waals surface area contributed by atoms with E-state index in [1.807, 2.05) is 39.0 Å². The molecule has 1 aromatic heterocycles. The van der Waals surface area contributed by atoms with E-state index < -0.39 is 11.7 Å². The Balaban J connectivity index is 1.65. The van der Waals surface area contributed by atoms with Gasteiger partial charge in [0.2, 0.25) is 0 Å². The molecule has 1 amide bonds. The summed E-state index contributed by atoms with van der Waals surface area (Å²) in [5.41, 5.74) is 2.74. The third-order valence-electron chi connectivity index (χ3n) is 6.05. The molecule has 1 N–H and O–H groups in total. The standard InChI is InChI=1S/C28H30F3NO4S/c1-5-19(23-10-11-24(37-23)27(34)32-13-12-25(33)35-4)16-36-22-14-17(2)26(18(3)15-22)20-6-8-21(9-7-20)28(29,30)31/h6-11,14-15,19H,5,12-13,16H2,1-4H3,(H,32,34)/t19-/m1/s1. The molecular weight excluding hydrogens is 503 g/mol. The second-order valence-corrected chi connectivity index (χ2v) is 9.82. The number of ether oxygens (including phenoxy) is 2. The van der Waals surface area contributed by atoms with Gasteiger partial charge in [0, 0.05) is 17.3 Å². The molecule has 5 nitrogen and oxygen atoms in total. The normalized spacial score (nSPS) is 12.2. The third-order valence-corrected chi connectivity index (χ3v) is 7.29. The second kappa shape index (κ2) is 12.3. The molecule has 3 aromatic rings. The summed E-state index contributed by atoms with van der Waals surface area (Å²) in [6.45, 7) is 6.50. The van der Waals surface area contributed by atoms with Gasteiger partial charge in [-0.15, -0.1) is 11.3 Å². The van der Waals surface area contributed by atoms with E-state index in [2.05, 4.69) is 10.1 Å². The highest BCUT2D eigenvalue weighted by Gasteiger charge is 2.30. The summed E-state index contributed by atoms with van der Waals surface area (Å²) in [7, 11) is 1.30. The molecule has 37 heavy (non-hydrogen) atoms. The lowest BCUT2D eigenvalue weighted by Gasteiger charge is -2.17. The molecule has 3 rings (SSSR count). The van der Waals surface area contributed by atoms with Gasteiger partial charge in [-0.05, 0) is 78.9 Å². The van der Waals surface area contributed by atoms with Gasteiger partial charge in [-0.1, -0.05) is 19.1 Å². The molecule has 0 aliphatic rings. The number of carbonyl (C=O) groups excluding carboxylic acids is 2. The molecule has 0 spiro atoms. The Morgan fingerprint density at radius 2 is 1.68 bits per heavy atom. The molecule has 1 heterocycles. The van der Waals surface area contributed by atoms with Crippen LogP contribution in [-0.2, 0) is 15.7 Å². The summed E-state index contributed by atoms with van der Waals surface area (Å²) >= 11 is 1.39. The molecule has 0 fully saturated rings. The first-order valence-corrected chi connectivity index (χ1v) is 12.7. The van der Waals surface area contributed by atoms with Crippen molar-refractivity contribution in [3.8, 4) is 16.9 Å². The lowest BCUT2D eigenvalue weighted by atomic mass is 9.94. The fraction of sp³-hybridized carbons (Fsp3) is 0.357. The van der Waals surface area contributed by atoms with Crippen molar-refractivity contribution in [3.63, 3.8) is 0 Å². The monoisotopic (exact) mass is 533 g/mol. The maximum Gasteiger partial charge on any atom is 0.416 e. The van der Waals surface area contributed by atoms with Crippen LogP contribution in [0.4, 0.5) is 13.2 Å². The molecule has 9 heteroatoms. The average Bonchev–Trinajstić information content (AvgIpc) is 3.34. The van der Waals surface area contributed by atoms with E-state index in [-0.39, 0.29) is 30.8 Å². The van der Waals surface area contributed by atoms with Gasteiger partial charge < -0.3 is 14.8 Å². The molecule has 198 valence electrons. The number of aryl methyl sites for hydroxylation is 2. The third kappa shape index (κ3) is 7.35. The maximum absolute atomic E-state index is 12.9. The Bertz CT molecular complexity index is 1210. The lowest BCUT2D eigenvalue weighted by molar-refractivity contribution is -0.140. The predicted molar refractivity (Wildman–Crippen MR) is 138 cm³/mol. The van der Waals surface area contributed by atoms with E-state index in [9.17, 15) is 22.8 Å². The zero-order valence-corrected chi connectivity index (χ0v) is 22.0. The molecule has 0 radical (unpaired) electrons. The fourth-order valence-corrected chi connectivity index (χ4v) is 5.14. The van der Waals surface area contributed by atoms with Gasteiger partial charge >= 0.3 is 12.1 Å². The smallest absolute Gasteiger partial charge is 0.416 e. The van der Waals surface area contributed by atoms with Gasteiger partial charge in [0.05, 0.1) is 30.6 Å². The number of amides is 1. The molecule has 0 saturated carbocycles. The summed E-state index contributed by atoms with van der Waals surface area (Å²) in [4.78, 5) is 25.2. The zero-order chi connectivity index (χ0) is 27.2. The highest BCUT2D eigenvalue weighted by atomic mass is 32.1. The molecule has 2 aromatic carbocycles. The van der Waals surface area contributed by atoms with Gasteiger partial charge in [-0.25, -0.2) is 0 Å². The topological polar surface area (TPSA) is 64.6 Å². The van der Waals surface area contributed by atoms with Crippen LogP contribution in [0.5, 0.6) is 5.75 Å². The van der Waals surface area contributed by atoms with Crippen molar-refractivity contribution in [2.24, 2.45) is 0 Å². The van der Waals surface area contributed by atoms with Crippen LogP contribution < -0.4 is 10.1 Å². The molecular formula is C28H30F3NO4S. The van der Waals surface area contributed by atoms with Gasteiger partial charge in [-0.3, -0.25) is 9.59 Å². The highest BCUT2D eigenvalue weighted by molar-refractivity contribution is 7.14. The number of methoxy groups -OCH3 is 1. The minimum atomic E-state index is -4.37. The highest BCUT2D eigenvalue weighted by Crippen LogP contribution is 2.35. The Morgan fingerprint density at radius 3 is 2.24 bits per heavy atom. The first kappa shape index (κ1) is 28.2. The van der Waals surface area contributed by atoms with Crippen LogP contribution in [-0.4, -0.2) is 32.1 Å². The quantitative estimate of drug-likeness (QED) is 0.288. The number of hydrogen-bond donors (Lipinski definition) is 1. The molecule has 0 aliphatic carbocycles. The minimum Gasteiger partial charge on any atom is -0.493 e. The summed E-state index contributed by atoms with van der Waals surface area (Å²) in [6.07, 6.45) is -3.44. The van der Waals surface area contributed by atoms with Crippen molar-refractivity contribution in [1.82, 2.24) is 5.32 Å². The number of thiophene rings is 1. The summed E-state index contributed by atoms with van der Waals surface area (Å²) in [6, 6.07) is 12.6. The first-order chi connectivity index (χ1) is 17.5. The number of nitrogens with one attached hydrogen (secondary N) is 1. The van der Waals surface area contributed by atoms with Crippen LogP contribution in [0.15, 0.2) is 48.5 Å². The molecule has 1 atom stereocenters. The number of carbonyl (C=O) groups is 2. The van der Waals surface area contributed by atoms with Crippen molar-refractivity contribution in [1.29, 1.82) is 0 Å². The number of esters is 1. The minimum absolute atomic E-state index is 0.0804. The van der Waals surface area contributed by atoms with Crippen LogP contribution in [0.2, 0.25) is 0 Å². The summed E-state index contributed by atoms with van der Waals surface area (Å²) in [5, 5.41) is 2.72. The van der Waals surface area contributed by atoms with Crippen LogP contribution in [0, 0.1) is 13.8 Å². The average molecular weight is 534 g/mol. The lowest BCUT2D eigenvalue weighted by Crippen LogP contribution is -2.25. The number of alkyl halides is 3. The first-order valence-electron chi connectivity index (χ1n) is 11.9. The SMILES string of the molecule is CC[C@H](COc1cc(C)c(-c2ccc(C(F)(F)F)cc2)c(C)c1)c1ccc(C(=O)NCCC(=O)OC)s1. The van der Waals surface area contributed by atoms with E-state index in [4.69, 9.17) is 4.74 Å². The van der Waals surface area contributed by atoms with Gasteiger partial charge in [0.25, 0.3) is 5.91 Å². The van der Waals surface area contributed by atoms with Gasteiger partial charge in [-0.2, -0.15) is 13.2 Å². The van der Waals surface area contributed by atoms with Crippen LogP contribution in [0.25, 0.3) is 11.1 Å². The number of benzene rings is 2. The summed E-state index contributed by atoms with van der Waals surface area (Å²) in [5.74, 6) is 0.146. The van der Waals surface area contributed by atoms with Crippen molar-refractivity contribution >= 4 is 23.2 Å². The molecule has 0 bridgehead atoms. The molecule has 0 unspecified atom stereocenters. The van der Waals surface area contributed by atoms with Crippen molar-refractivity contribution in [2.45, 2.75) is 45.7 Å². The number of rotatable bonds is 10. The molecule has 0 saturated heterocycles. The van der Waals surface area contributed by atoms with Crippen LogP contribution in [0.1, 0.15) is 56.9 Å². The largest absolute Gasteiger partial charge is 0.493 e. The number of hydrogen-bond acceptors (Lipinski definition) is 5. The fourth-order valence-electron chi connectivity index (χ4n) is 4.05. The second-order valence-electron chi connectivity index (χ2n) is 8.71. The Labute approximate surface area is 218 Å². The zero-order valence-electron chi connectivity index (χ0n) is 21.2. The summed E-state index contributed by atoms with van der Waals surface area (Å²) < 4.78 is 49.4. The van der Waals surface area contributed by atoms with Gasteiger partial charge in [0.15, 0.2) is 0 Å². The van der Waals surface area contributed by atoms with Crippen LogP contribution >= 0.6 is 11.3 Å². The molecule has 0 aliphatic heterocycles. The van der Waals surface area contributed by atoms with Crippen molar-refractivity contribution in [3.05, 3.63) is 75.0 Å². The van der Waals surface area contributed by atoms with E-state index in [0.717, 1.165) is 45.7 Å². The van der Waals surface area contributed by atoms with Crippen molar-refractivity contribution in [2.75, 3.05) is 20.3 Å².